The first-order valence-electron chi connectivity index (χ1n) is 10.2. The number of benzene rings is 2. The van der Waals surface area contributed by atoms with E-state index >= 15 is 0 Å². The van der Waals surface area contributed by atoms with Gasteiger partial charge >= 0.3 is 0 Å². The quantitative estimate of drug-likeness (QED) is 0.545. The summed E-state index contributed by atoms with van der Waals surface area (Å²) in [5.74, 6) is 0.337. The van der Waals surface area contributed by atoms with Crippen LogP contribution in [0.4, 0.5) is 0 Å². The van der Waals surface area contributed by atoms with Crippen LogP contribution < -0.4 is 4.74 Å². The van der Waals surface area contributed by atoms with E-state index in [0.717, 1.165) is 19.6 Å². The molecule has 3 aromatic rings. The van der Waals surface area contributed by atoms with E-state index in [1.165, 1.54) is 11.1 Å². The molecule has 0 saturated carbocycles. The lowest BCUT2D eigenvalue weighted by Crippen LogP contribution is -2.48. The molecule has 1 amide bonds. The first-order valence-corrected chi connectivity index (χ1v) is 10.9. The molecule has 162 valence electrons. The number of aromatic nitrogens is 2. The Balaban J connectivity index is 1.29. The lowest BCUT2D eigenvalue weighted by Gasteiger charge is -2.34. The molecule has 8 heteroatoms. The standard InChI is InChI=1S/C23H24Cl2N4O2/c1-17-5-7-18(8-6-17)15-27-11-13-28(14-12-27)23(30)21-9-10-29(26-21)16-31-22-19(24)3-2-4-20(22)25/h2-10H,11-16H2,1H3. The zero-order valence-corrected chi connectivity index (χ0v) is 18.8. The van der Waals surface area contributed by atoms with E-state index in [-0.39, 0.29) is 12.6 Å². The molecule has 1 aromatic heterocycles. The van der Waals surface area contributed by atoms with E-state index in [1.54, 1.807) is 35.1 Å². The van der Waals surface area contributed by atoms with Crippen molar-refractivity contribution in [1.82, 2.24) is 19.6 Å². The number of rotatable bonds is 6. The Morgan fingerprint density at radius 2 is 1.68 bits per heavy atom. The number of hydrogen-bond donors (Lipinski definition) is 0. The fourth-order valence-corrected chi connectivity index (χ4v) is 4.03. The van der Waals surface area contributed by atoms with Gasteiger partial charge in [-0.15, -0.1) is 0 Å². The van der Waals surface area contributed by atoms with Gasteiger partial charge in [0.05, 0.1) is 10.0 Å². The molecule has 2 aromatic carbocycles. The molecule has 0 spiro atoms. The van der Waals surface area contributed by atoms with Crippen molar-refractivity contribution in [2.75, 3.05) is 26.2 Å². The Morgan fingerprint density at radius 1 is 1.00 bits per heavy atom. The summed E-state index contributed by atoms with van der Waals surface area (Å²) in [6.07, 6.45) is 1.71. The summed E-state index contributed by atoms with van der Waals surface area (Å²) in [6.45, 7) is 6.16. The number of carbonyl (C=O) groups is 1. The van der Waals surface area contributed by atoms with Crippen LogP contribution in [0, 0.1) is 6.92 Å². The minimum absolute atomic E-state index is 0.0653. The van der Waals surface area contributed by atoms with Gasteiger partial charge in [-0.3, -0.25) is 9.69 Å². The normalized spacial score (nSPS) is 14.6. The van der Waals surface area contributed by atoms with Gasteiger partial charge in [0, 0.05) is 38.9 Å². The van der Waals surface area contributed by atoms with Gasteiger partial charge in [0.2, 0.25) is 0 Å². The van der Waals surface area contributed by atoms with Gasteiger partial charge < -0.3 is 9.64 Å². The molecule has 0 radical (unpaired) electrons. The molecule has 0 unspecified atom stereocenters. The molecule has 0 N–H and O–H groups in total. The second-order valence-corrected chi connectivity index (χ2v) is 8.43. The summed E-state index contributed by atoms with van der Waals surface area (Å²) >= 11 is 12.2. The maximum absolute atomic E-state index is 12.8. The molecule has 1 aliphatic heterocycles. The van der Waals surface area contributed by atoms with Crippen molar-refractivity contribution in [1.29, 1.82) is 0 Å². The fraction of sp³-hybridized carbons (Fsp3) is 0.304. The highest BCUT2D eigenvalue weighted by atomic mass is 35.5. The van der Waals surface area contributed by atoms with E-state index in [1.807, 2.05) is 4.90 Å². The molecule has 31 heavy (non-hydrogen) atoms. The van der Waals surface area contributed by atoms with Gasteiger partial charge in [-0.05, 0) is 30.7 Å². The van der Waals surface area contributed by atoms with E-state index in [9.17, 15) is 4.79 Å². The van der Waals surface area contributed by atoms with Crippen molar-refractivity contribution in [3.8, 4) is 5.75 Å². The first-order chi connectivity index (χ1) is 15.0. The summed E-state index contributed by atoms with van der Waals surface area (Å²) < 4.78 is 7.23. The van der Waals surface area contributed by atoms with Gasteiger partial charge in [-0.25, -0.2) is 4.68 Å². The van der Waals surface area contributed by atoms with Crippen LogP contribution in [0.1, 0.15) is 21.6 Å². The smallest absolute Gasteiger partial charge is 0.274 e. The number of piperazine rings is 1. The van der Waals surface area contributed by atoms with Crippen LogP contribution in [0.2, 0.25) is 10.0 Å². The average Bonchev–Trinajstić information content (AvgIpc) is 3.24. The van der Waals surface area contributed by atoms with Gasteiger partial charge in [-0.2, -0.15) is 5.10 Å². The summed E-state index contributed by atoms with van der Waals surface area (Å²) in [7, 11) is 0. The maximum atomic E-state index is 12.8. The van der Waals surface area contributed by atoms with Crippen molar-refractivity contribution < 1.29 is 9.53 Å². The third-order valence-corrected chi connectivity index (χ3v) is 5.90. The molecule has 4 rings (SSSR count). The van der Waals surface area contributed by atoms with Crippen LogP contribution in [0.3, 0.4) is 0 Å². The number of carbonyl (C=O) groups excluding carboxylic acids is 1. The molecular weight excluding hydrogens is 435 g/mol. The lowest BCUT2D eigenvalue weighted by molar-refractivity contribution is 0.0621. The number of nitrogens with zero attached hydrogens (tertiary/aromatic N) is 4. The zero-order valence-electron chi connectivity index (χ0n) is 17.3. The molecule has 0 bridgehead atoms. The SMILES string of the molecule is Cc1ccc(CN2CCN(C(=O)c3ccn(COc4c(Cl)cccc4Cl)n3)CC2)cc1. The second kappa shape index (κ2) is 9.73. The number of amides is 1. The highest BCUT2D eigenvalue weighted by Crippen LogP contribution is 2.32. The molecule has 0 atom stereocenters. The van der Waals surface area contributed by atoms with E-state index < -0.39 is 0 Å². The summed E-state index contributed by atoms with van der Waals surface area (Å²) in [5, 5.41) is 5.22. The van der Waals surface area contributed by atoms with Gasteiger partial charge in [0.15, 0.2) is 18.2 Å². The number of aryl methyl sites for hydroxylation is 1. The summed E-state index contributed by atoms with van der Waals surface area (Å²) in [6, 6.07) is 15.5. The van der Waals surface area contributed by atoms with Crippen LogP contribution >= 0.6 is 23.2 Å². The van der Waals surface area contributed by atoms with E-state index in [4.69, 9.17) is 27.9 Å². The Hall–Kier alpha value is -2.54. The Morgan fingerprint density at radius 3 is 2.35 bits per heavy atom. The molecular formula is C23H24Cl2N4O2. The molecule has 2 heterocycles. The molecule has 1 saturated heterocycles. The van der Waals surface area contributed by atoms with Crippen molar-refractivity contribution in [2.24, 2.45) is 0 Å². The van der Waals surface area contributed by atoms with Crippen LogP contribution in [0.15, 0.2) is 54.7 Å². The summed E-state index contributed by atoms with van der Waals surface area (Å²) in [5.41, 5.74) is 2.96. The summed E-state index contributed by atoms with van der Waals surface area (Å²) in [4.78, 5) is 17.1. The third-order valence-electron chi connectivity index (χ3n) is 5.31. The van der Waals surface area contributed by atoms with Crippen LogP contribution in [-0.2, 0) is 13.3 Å². The monoisotopic (exact) mass is 458 g/mol. The number of ether oxygens (including phenoxy) is 1. The predicted octanol–water partition coefficient (Wildman–Crippen LogP) is 4.49. The van der Waals surface area contributed by atoms with Gasteiger partial charge in [-0.1, -0.05) is 59.1 Å². The van der Waals surface area contributed by atoms with Crippen molar-refractivity contribution in [3.05, 3.63) is 81.6 Å². The van der Waals surface area contributed by atoms with Crippen molar-refractivity contribution >= 4 is 29.1 Å². The minimum Gasteiger partial charge on any atom is -0.468 e. The molecule has 1 fully saturated rings. The topological polar surface area (TPSA) is 50.6 Å². The maximum Gasteiger partial charge on any atom is 0.274 e. The largest absolute Gasteiger partial charge is 0.468 e. The van der Waals surface area contributed by atoms with Gasteiger partial charge in [0.1, 0.15) is 0 Å². The number of halogens is 2. The Bertz CT molecular complexity index is 1020. The molecule has 0 aliphatic carbocycles. The van der Waals surface area contributed by atoms with Crippen LogP contribution in [-0.4, -0.2) is 51.7 Å². The van der Waals surface area contributed by atoms with Crippen LogP contribution in [0.5, 0.6) is 5.75 Å². The predicted molar refractivity (Wildman–Crippen MR) is 122 cm³/mol. The third kappa shape index (κ3) is 5.39. The Labute approximate surface area is 191 Å². The van der Waals surface area contributed by atoms with Crippen LogP contribution in [0.25, 0.3) is 0 Å². The second-order valence-electron chi connectivity index (χ2n) is 7.62. The highest BCUT2D eigenvalue weighted by molar-refractivity contribution is 6.37. The fourth-order valence-electron chi connectivity index (χ4n) is 3.52. The minimum atomic E-state index is -0.0653. The highest BCUT2D eigenvalue weighted by Gasteiger charge is 2.23. The number of para-hydroxylation sites is 1. The molecule has 1 aliphatic rings. The molecule has 6 nitrogen and oxygen atoms in total. The zero-order chi connectivity index (χ0) is 21.8. The average molecular weight is 459 g/mol. The lowest BCUT2D eigenvalue weighted by atomic mass is 10.1. The van der Waals surface area contributed by atoms with E-state index in [2.05, 4.69) is 41.2 Å². The first kappa shape index (κ1) is 21.7. The van der Waals surface area contributed by atoms with Gasteiger partial charge in [0.25, 0.3) is 5.91 Å². The van der Waals surface area contributed by atoms with E-state index in [0.29, 0.717) is 34.6 Å². The van der Waals surface area contributed by atoms with Crippen molar-refractivity contribution in [3.63, 3.8) is 0 Å². The Kier molecular flexibility index (Phi) is 6.80. The number of hydrogen-bond acceptors (Lipinski definition) is 4. The van der Waals surface area contributed by atoms with Crippen molar-refractivity contribution in [2.45, 2.75) is 20.2 Å².